The summed E-state index contributed by atoms with van der Waals surface area (Å²) in [6, 6.07) is 0. The van der Waals surface area contributed by atoms with E-state index in [1.165, 1.54) is 0 Å². The molecule has 2 rings (SSSR count). The zero-order valence-corrected chi connectivity index (χ0v) is 8.80. The Bertz CT molecular complexity index is 184. The van der Waals surface area contributed by atoms with E-state index in [9.17, 15) is 0 Å². The van der Waals surface area contributed by atoms with Gasteiger partial charge in [-0.05, 0) is 20.8 Å². The molecule has 3 nitrogen and oxygen atoms in total. The van der Waals surface area contributed by atoms with Gasteiger partial charge in [0.2, 0.25) is 0 Å². The Labute approximate surface area is 80.0 Å². The third-order valence-corrected chi connectivity index (χ3v) is 2.91. The Morgan fingerprint density at radius 1 is 1.15 bits per heavy atom. The third-order valence-electron chi connectivity index (χ3n) is 2.91. The zero-order valence-electron chi connectivity index (χ0n) is 8.80. The molecule has 0 radical (unpaired) electrons. The minimum atomic E-state index is 0.0333. The highest BCUT2D eigenvalue weighted by Gasteiger charge is 2.49. The Morgan fingerprint density at radius 3 is 2.31 bits per heavy atom. The van der Waals surface area contributed by atoms with E-state index in [1.807, 2.05) is 0 Å². The van der Waals surface area contributed by atoms with Gasteiger partial charge in [-0.25, -0.2) is 0 Å². The normalized spacial score (nSPS) is 28.8. The van der Waals surface area contributed by atoms with Gasteiger partial charge in [-0.15, -0.1) is 0 Å². The maximum atomic E-state index is 5.76. The smallest absolute Gasteiger partial charge is 0.117 e. The lowest BCUT2D eigenvalue weighted by atomic mass is 9.88. The van der Waals surface area contributed by atoms with Gasteiger partial charge in [0, 0.05) is 18.6 Å². The van der Waals surface area contributed by atoms with Crippen LogP contribution in [0.3, 0.4) is 0 Å². The van der Waals surface area contributed by atoms with Crippen LogP contribution >= 0.6 is 0 Å². The average molecular weight is 185 g/mol. The van der Waals surface area contributed by atoms with Crippen LogP contribution in [0.5, 0.6) is 0 Å². The van der Waals surface area contributed by atoms with Gasteiger partial charge in [0.25, 0.3) is 0 Å². The Kier molecular flexibility index (Phi) is 2.13. The maximum Gasteiger partial charge on any atom is 0.117 e. The first-order chi connectivity index (χ1) is 6.02. The molecule has 1 spiro atoms. The summed E-state index contributed by atoms with van der Waals surface area (Å²) >= 11 is 0. The van der Waals surface area contributed by atoms with E-state index < -0.39 is 0 Å². The van der Waals surface area contributed by atoms with Gasteiger partial charge in [-0.3, -0.25) is 4.90 Å². The summed E-state index contributed by atoms with van der Waals surface area (Å²) in [5.41, 5.74) is 0.303. The summed E-state index contributed by atoms with van der Waals surface area (Å²) in [6.45, 7) is 11.1. The summed E-state index contributed by atoms with van der Waals surface area (Å²) in [7, 11) is 0. The van der Waals surface area contributed by atoms with Crippen LogP contribution in [0.4, 0.5) is 0 Å². The van der Waals surface area contributed by atoms with Gasteiger partial charge in [0.15, 0.2) is 0 Å². The molecule has 0 atom stereocenters. The molecular formula is C10H19NO2. The fourth-order valence-electron chi connectivity index (χ4n) is 1.92. The van der Waals surface area contributed by atoms with Gasteiger partial charge < -0.3 is 9.47 Å². The molecule has 0 unspecified atom stereocenters. The van der Waals surface area contributed by atoms with Gasteiger partial charge >= 0.3 is 0 Å². The quantitative estimate of drug-likeness (QED) is 0.559. The summed E-state index contributed by atoms with van der Waals surface area (Å²) in [4.78, 5) is 2.43. The summed E-state index contributed by atoms with van der Waals surface area (Å²) in [6.07, 6.45) is 0. The maximum absolute atomic E-state index is 5.76. The molecule has 0 saturated carbocycles. The summed E-state index contributed by atoms with van der Waals surface area (Å²) in [5.74, 6) is 0. The highest BCUT2D eigenvalue weighted by Crippen LogP contribution is 2.33. The first-order valence-electron chi connectivity index (χ1n) is 4.99. The van der Waals surface area contributed by atoms with Crippen molar-refractivity contribution in [3.8, 4) is 0 Å². The Morgan fingerprint density at radius 2 is 1.85 bits per heavy atom. The molecular weight excluding hydrogens is 166 g/mol. The highest BCUT2D eigenvalue weighted by atomic mass is 16.6. The zero-order chi connectivity index (χ0) is 9.53. The van der Waals surface area contributed by atoms with Crippen LogP contribution in [0.2, 0.25) is 0 Å². The second-order valence-corrected chi connectivity index (χ2v) is 5.11. The lowest BCUT2D eigenvalue weighted by Crippen LogP contribution is -2.71. The van der Waals surface area contributed by atoms with Crippen molar-refractivity contribution in [2.45, 2.75) is 31.9 Å². The molecule has 2 fully saturated rings. The molecule has 2 aliphatic rings. The number of hydrogen-bond acceptors (Lipinski definition) is 3. The van der Waals surface area contributed by atoms with Crippen LogP contribution in [-0.4, -0.2) is 49.0 Å². The Hall–Kier alpha value is -0.120. The van der Waals surface area contributed by atoms with E-state index >= 15 is 0 Å². The molecule has 0 bridgehead atoms. The average Bonchev–Trinajstić information content (AvgIpc) is 2.00. The fraction of sp³-hybridized carbons (Fsp3) is 1.00. The minimum Gasteiger partial charge on any atom is -0.376 e. The van der Waals surface area contributed by atoms with E-state index in [4.69, 9.17) is 9.47 Å². The summed E-state index contributed by atoms with van der Waals surface area (Å²) in [5, 5.41) is 0. The van der Waals surface area contributed by atoms with E-state index in [2.05, 4.69) is 25.7 Å². The van der Waals surface area contributed by atoms with Crippen LogP contribution < -0.4 is 0 Å². The largest absolute Gasteiger partial charge is 0.376 e. The fourth-order valence-corrected chi connectivity index (χ4v) is 1.92. The SMILES string of the molecule is CC(C)(C)N1CC2(COCCO2)C1. The highest BCUT2D eigenvalue weighted by molar-refractivity contribution is 5.02. The van der Waals surface area contributed by atoms with Crippen molar-refractivity contribution in [3.63, 3.8) is 0 Å². The summed E-state index contributed by atoms with van der Waals surface area (Å²) < 4.78 is 11.2. The van der Waals surface area contributed by atoms with Crippen molar-refractivity contribution in [1.29, 1.82) is 0 Å². The van der Waals surface area contributed by atoms with E-state index in [-0.39, 0.29) is 11.1 Å². The third kappa shape index (κ3) is 1.73. The second kappa shape index (κ2) is 2.94. The van der Waals surface area contributed by atoms with Gasteiger partial charge in [0.1, 0.15) is 5.60 Å². The van der Waals surface area contributed by atoms with Gasteiger partial charge in [-0.2, -0.15) is 0 Å². The molecule has 0 N–H and O–H groups in total. The van der Waals surface area contributed by atoms with Gasteiger partial charge in [0.05, 0.1) is 19.8 Å². The molecule has 2 heterocycles. The van der Waals surface area contributed by atoms with Crippen LogP contribution in [0.15, 0.2) is 0 Å². The number of likely N-dealkylation sites (tertiary alicyclic amines) is 1. The first kappa shape index (κ1) is 9.44. The predicted octanol–water partition coefficient (Wildman–Crippen LogP) is 0.886. The molecule has 2 aliphatic heterocycles. The molecule has 0 aromatic heterocycles. The molecule has 0 aromatic rings. The van der Waals surface area contributed by atoms with Crippen molar-refractivity contribution in [3.05, 3.63) is 0 Å². The molecule has 0 aromatic carbocycles. The van der Waals surface area contributed by atoms with Crippen molar-refractivity contribution in [2.75, 3.05) is 32.9 Å². The number of rotatable bonds is 0. The minimum absolute atomic E-state index is 0.0333. The molecule has 2 saturated heterocycles. The van der Waals surface area contributed by atoms with Crippen molar-refractivity contribution in [1.82, 2.24) is 4.90 Å². The van der Waals surface area contributed by atoms with Crippen LogP contribution in [-0.2, 0) is 9.47 Å². The van der Waals surface area contributed by atoms with Gasteiger partial charge in [-0.1, -0.05) is 0 Å². The van der Waals surface area contributed by atoms with Crippen molar-refractivity contribution < 1.29 is 9.47 Å². The van der Waals surface area contributed by atoms with Crippen molar-refractivity contribution in [2.24, 2.45) is 0 Å². The first-order valence-corrected chi connectivity index (χ1v) is 4.99. The molecule has 0 aliphatic carbocycles. The van der Waals surface area contributed by atoms with Crippen LogP contribution in [0, 0.1) is 0 Å². The van der Waals surface area contributed by atoms with Crippen molar-refractivity contribution >= 4 is 0 Å². The lowest BCUT2D eigenvalue weighted by molar-refractivity contribution is -0.231. The molecule has 76 valence electrons. The number of ether oxygens (including phenoxy) is 2. The van der Waals surface area contributed by atoms with Crippen LogP contribution in [0.25, 0.3) is 0 Å². The standard InChI is InChI=1S/C10H19NO2/c1-9(2,3)11-6-10(7-11)8-12-4-5-13-10/h4-8H2,1-3H3. The number of nitrogens with zero attached hydrogens (tertiary/aromatic N) is 1. The van der Waals surface area contributed by atoms with Crippen LogP contribution in [0.1, 0.15) is 20.8 Å². The van der Waals surface area contributed by atoms with E-state index in [0.29, 0.717) is 0 Å². The molecule has 13 heavy (non-hydrogen) atoms. The monoisotopic (exact) mass is 185 g/mol. The van der Waals surface area contributed by atoms with E-state index in [0.717, 1.165) is 32.9 Å². The molecule has 3 heteroatoms. The Balaban J connectivity index is 1.88. The molecule has 0 amide bonds. The lowest BCUT2D eigenvalue weighted by Gasteiger charge is -2.56. The second-order valence-electron chi connectivity index (χ2n) is 5.11. The predicted molar refractivity (Wildman–Crippen MR) is 50.8 cm³/mol. The topological polar surface area (TPSA) is 21.7 Å². The number of hydrogen-bond donors (Lipinski definition) is 0. The van der Waals surface area contributed by atoms with E-state index in [1.54, 1.807) is 0 Å².